The highest BCUT2D eigenvalue weighted by atomic mass is 16.5. The number of aryl methyl sites for hydroxylation is 2. The Morgan fingerprint density at radius 2 is 2.16 bits per heavy atom. The van der Waals surface area contributed by atoms with E-state index in [1.54, 1.807) is 13.4 Å². The molecule has 2 aromatic rings. The molecule has 0 radical (unpaired) electrons. The van der Waals surface area contributed by atoms with Gasteiger partial charge in [-0.15, -0.1) is 0 Å². The summed E-state index contributed by atoms with van der Waals surface area (Å²) in [6.07, 6.45) is 3.68. The van der Waals surface area contributed by atoms with Gasteiger partial charge >= 0.3 is 0 Å². The predicted molar refractivity (Wildman–Crippen MR) is 77.8 cm³/mol. The molecule has 1 aromatic carbocycles. The normalized spacial score (nSPS) is 12.2. The van der Waals surface area contributed by atoms with Gasteiger partial charge in [-0.3, -0.25) is 0 Å². The SMILES string of the molecule is COc1cc(C)ccc1NC(C)CCc1ccco1. The minimum absolute atomic E-state index is 0.363. The number of anilines is 1. The molecule has 0 amide bonds. The molecule has 0 aliphatic rings. The van der Waals surface area contributed by atoms with Crippen molar-refractivity contribution in [2.45, 2.75) is 32.7 Å². The summed E-state index contributed by atoms with van der Waals surface area (Å²) in [5.41, 5.74) is 2.24. The minimum Gasteiger partial charge on any atom is -0.495 e. The maximum Gasteiger partial charge on any atom is 0.142 e. The van der Waals surface area contributed by atoms with E-state index >= 15 is 0 Å². The van der Waals surface area contributed by atoms with E-state index in [4.69, 9.17) is 9.15 Å². The molecule has 1 N–H and O–H groups in total. The van der Waals surface area contributed by atoms with E-state index in [0.717, 1.165) is 30.0 Å². The first-order valence-electron chi connectivity index (χ1n) is 6.62. The van der Waals surface area contributed by atoms with E-state index in [-0.39, 0.29) is 0 Å². The molecule has 0 saturated heterocycles. The van der Waals surface area contributed by atoms with Crippen molar-refractivity contribution in [3.8, 4) is 5.75 Å². The Morgan fingerprint density at radius 3 is 2.84 bits per heavy atom. The molecule has 1 unspecified atom stereocenters. The third-order valence-electron chi connectivity index (χ3n) is 3.16. The van der Waals surface area contributed by atoms with Crippen LogP contribution in [-0.4, -0.2) is 13.2 Å². The van der Waals surface area contributed by atoms with Crippen molar-refractivity contribution < 1.29 is 9.15 Å². The second-order valence-electron chi connectivity index (χ2n) is 4.87. The molecular weight excluding hydrogens is 238 g/mol. The van der Waals surface area contributed by atoms with Crippen LogP contribution in [0.3, 0.4) is 0 Å². The lowest BCUT2D eigenvalue weighted by atomic mass is 10.1. The summed E-state index contributed by atoms with van der Waals surface area (Å²) in [5.74, 6) is 1.93. The van der Waals surface area contributed by atoms with Gasteiger partial charge in [-0.05, 0) is 50.1 Å². The molecule has 1 aromatic heterocycles. The van der Waals surface area contributed by atoms with Crippen LogP contribution in [0, 0.1) is 6.92 Å². The van der Waals surface area contributed by atoms with Gasteiger partial charge in [0.1, 0.15) is 11.5 Å². The van der Waals surface area contributed by atoms with Gasteiger partial charge in [-0.2, -0.15) is 0 Å². The highest BCUT2D eigenvalue weighted by Crippen LogP contribution is 2.26. The molecule has 2 rings (SSSR count). The van der Waals surface area contributed by atoms with Gasteiger partial charge in [-0.1, -0.05) is 6.07 Å². The number of methoxy groups -OCH3 is 1. The van der Waals surface area contributed by atoms with Crippen LogP contribution in [0.2, 0.25) is 0 Å². The number of furan rings is 1. The van der Waals surface area contributed by atoms with Gasteiger partial charge in [0.05, 0.1) is 19.1 Å². The molecule has 0 aliphatic carbocycles. The van der Waals surface area contributed by atoms with E-state index in [1.165, 1.54) is 5.56 Å². The fourth-order valence-electron chi connectivity index (χ4n) is 2.07. The van der Waals surface area contributed by atoms with Crippen molar-refractivity contribution in [1.29, 1.82) is 0 Å². The van der Waals surface area contributed by atoms with Crippen molar-refractivity contribution in [3.05, 3.63) is 47.9 Å². The van der Waals surface area contributed by atoms with Gasteiger partial charge in [0.25, 0.3) is 0 Å². The number of benzene rings is 1. The van der Waals surface area contributed by atoms with Crippen molar-refractivity contribution in [1.82, 2.24) is 0 Å². The molecule has 102 valence electrons. The number of rotatable bonds is 6. The zero-order chi connectivity index (χ0) is 13.7. The zero-order valence-electron chi connectivity index (χ0n) is 11.8. The van der Waals surface area contributed by atoms with Gasteiger partial charge in [-0.25, -0.2) is 0 Å². The van der Waals surface area contributed by atoms with Crippen molar-refractivity contribution in [2.75, 3.05) is 12.4 Å². The summed E-state index contributed by atoms with van der Waals surface area (Å²) in [6.45, 7) is 4.23. The Labute approximate surface area is 114 Å². The van der Waals surface area contributed by atoms with Gasteiger partial charge in [0.2, 0.25) is 0 Å². The van der Waals surface area contributed by atoms with Crippen LogP contribution in [-0.2, 0) is 6.42 Å². The van der Waals surface area contributed by atoms with Gasteiger partial charge in [0, 0.05) is 12.5 Å². The number of hydrogen-bond acceptors (Lipinski definition) is 3. The van der Waals surface area contributed by atoms with Gasteiger partial charge in [0.15, 0.2) is 0 Å². The van der Waals surface area contributed by atoms with E-state index < -0.39 is 0 Å². The fourth-order valence-corrected chi connectivity index (χ4v) is 2.07. The Morgan fingerprint density at radius 1 is 1.32 bits per heavy atom. The average molecular weight is 259 g/mol. The van der Waals surface area contributed by atoms with Crippen LogP contribution in [0.4, 0.5) is 5.69 Å². The van der Waals surface area contributed by atoms with Crippen molar-refractivity contribution >= 4 is 5.69 Å². The van der Waals surface area contributed by atoms with E-state index in [9.17, 15) is 0 Å². The molecule has 1 atom stereocenters. The van der Waals surface area contributed by atoms with E-state index in [1.807, 2.05) is 18.2 Å². The third-order valence-corrected chi connectivity index (χ3v) is 3.16. The highest BCUT2D eigenvalue weighted by molar-refractivity contribution is 5.58. The Balaban J connectivity index is 1.93. The molecule has 3 heteroatoms. The molecule has 0 fully saturated rings. The summed E-state index contributed by atoms with van der Waals surface area (Å²) in [7, 11) is 1.70. The molecular formula is C16H21NO2. The number of nitrogens with one attached hydrogen (secondary N) is 1. The van der Waals surface area contributed by atoms with Crippen molar-refractivity contribution in [2.24, 2.45) is 0 Å². The Kier molecular flexibility index (Phi) is 4.50. The largest absolute Gasteiger partial charge is 0.495 e. The average Bonchev–Trinajstić information content (AvgIpc) is 2.91. The monoisotopic (exact) mass is 259 g/mol. The third kappa shape index (κ3) is 3.78. The standard InChI is InChI=1S/C16H21NO2/c1-12-6-9-15(16(11-12)18-3)17-13(2)7-8-14-5-4-10-19-14/h4-6,9-11,13,17H,7-8H2,1-3H3. The van der Waals surface area contributed by atoms with E-state index in [0.29, 0.717) is 6.04 Å². The Hall–Kier alpha value is -1.90. The highest BCUT2D eigenvalue weighted by Gasteiger charge is 2.08. The second kappa shape index (κ2) is 6.32. The number of ether oxygens (including phenoxy) is 1. The summed E-state index contributed by atoms with van der Waals surface area (Å²) in [4.78, 5) is 0. The molecule has 0 saturated carbocycles. The smallest absolute Gasteiger partial charge is 0.142 e. The van der Waals surface area contributed by atoms with Crippen molar-refractivity contribution in [3.63, 3.8) is 0 Å². The zero-order valence-corrected chi connectivity index (χ0v) is 11.8. The topological polar surface area (TPSA) is 34.4 Å². The first-order chi connectivity index (χ1) is 9.19. The molecule has 0 spiro atoms. The molecule has 0 aliphatic heterocycles. The molecule has 0 bridgehead atoms. The maximum atomic E-state index is 5.40. The quantitative estimate of drug-likeness (QED) is 0.850. The van der Waals surface area contributed by atoms with Crippen LogP contribution in [0.15, 0.2) is 41.0 Å². The molecule has 1 heterocycles. The first-order valence-corrected chi connectivity index (χ1v) is 6.62. The summed E-state index contributed by atoms with van der Waals surface area (Å²) < 4.78 is 10.7. The van der Waals surface area contributed by atoms with Crippen LogP contribution < -0.4 is 10.1 Å². The summed E-state index contributed by atoms with van der Waals surface area (Å²) in [6, 6.07) is 10.5. The molecule has 3 nitrogen and oxygen atoms in total. The van der Waals surface area contributed by atoms with Crippen LogP contribution in [0.1, 0.15) is 24.7 Å². The Bertz CT molecular complexity index is 505. The van der Waals surface area contributed by atoms with E-state index in [2.05, 4.69) is 31.3 Å². The van der Waals surface area contributed by atoms with Gasteiger partial charge < -0.3 is 14.5 Å². The first kappa shape index (κ1) is 13.5. The second-order valence-corrected chi connectivity index (χ2v) is 4.87. The van der Waals surface area contributed by atoms with Crippen LogP contribution in [0.5, 0.6) is 5.75 Å². The lowest BCUT2D eigenvalue weighted by molar-refractivity contribution is 0.415. The summed E-state index contributed by atoms with van der Waals surface area (Å²) in [5, 5.41) is 3.48. The van der Waals surface area contributed by atoms with Crippen LogP contribution >= 0.6 is 0 Å². The minimum atomic E-state index is 0.363. The lowest BCUT2D eigenvalue weighted by Gasteiger charge is -2.17. The fraction of sp³-hybridized carbons (Fsp3) is 0.375. The lowest BCUT2D eigenvalue weighted by Crippen LogP contribution is -2.16. The maximum absolute atomic E-state index is 5.40. The molecule has 19 heavy (non-hydrogen) atoms. The number of hydrogen-bond donors (Lipinski definition) is 1. The summed E-state index contributed by atoms with van der Waals surface area (Å²) >= 11 is 0. The predicted octanol–water partition coefficient (Wildman–Crippen LogP) is 4.03. The van der Waals surface area contributed by atoms with Crippen LogP contribution in [0.25, 0.3) is 0 Å².